The van der Waals surface area contributed by atoms with Gasteiger partial charge in [-0.15, -0.1) is 0 Å². The first kappa shape index (κ1) is 16.5. The van der Waals surface area contributed by atoms with E-state index in [1.54, 1.807) is 18.2 Å². The van der Waals surface area contributed by atoms with Gasteiger partial charge in [0.1, 0.15) is 5.82 Å². The zero-order chi connectivity index (χ0) is 17.9. The smallest absolute Gasteiger partial charge is 0.228 e. The topological polar surface area (TPSA) is 80.5 Å². The summed E-state index contributed by atoms with van der Waals surface area (Å²) in [6.07, 6.45) is 0.137. The molecule has 0 saturated carbocycles. The van der Waals surface area contributed by atoms with Crippen LogP contribution in [0.25, 0.3) is 11.0 Å². The van der Waals surface area contributed by atoms with Crippen molar-refractivity contribution in [3.05, 3.63) is 47.8 Å². The highest BCUT2D eigenvalue weighted by Gasteiger charge is 2.19. The predicted molar refractivity (Wildman–Crippen MR) is 93.6 cm³/mol. The van der Waals surface area contributed by atoms with Crippen molar-refractivity contribution in [1.82, 2.24) is 10.3 Å². The van der Waals surface area contributed by atoms with Gasteiger partial charge >= 0.3 is 0 Å². The van der Waals surface area contributed by atoms with Crippen LogP contribution in [0.15, 0.2) is 41.0 Å². The Hall–Kier alpha value is -3.00. The molecule has 1 saturated heterocycles. The zero-order valence-corrected chi connectivity index (χ0v) is 13.9. The molecule has 0 radical (unpaired) electrons. The van der Waals surface area contributed by atoms with Crippen LogP contribution in [0.1, 0.15) is 5.56 Å². The molecule has 4 rings (SSSR count). The number of nitrogens with zero attached hydrogens (tertiary/aromatic N) is 3. The molecule has 1 aromatic heterocycles. The summed E-state index contributed by atoms with van der Waals surface area (Å²) >= 11 is 0. The number of morpholine rings is 1. The Kier molecular flexibility index (Phi) is 4.49. The SMILES string of the molecule is O=C(Cc1ccc(F)cc1)Nc1ccc(N2CCOCC2)c2nonc12. The van der Waals surface area contributed by atoms with Gasteiger partial charge in [0.2, 0.25) is 5.91 Å². The lowest BCUT2D eigenvalue weighted by molar-refractivity contribution is -0.115. The van der Waals surface area contributed by atoms with E-state index in [1.165, 1.54) is 12.1 Å². The van der Waals surface area contributed by atoms with Crippen molar-refractivity contribution >= 4 is 28.3 Å². The second-order valence-electron chi connectivity index (χ2n) is 6.04. The molecule has 3 aromatic rings. The lowest BCUT2D eigenvalue weighted by Gasteiger charge is -2.28. The summed E-state index contributed by atoms with van der Waals surface area (Å²) in [6.45, 7) is 2.84. The first-order chi connectivity index (χ1) is 12.7. The van der Waals surface area contributed by atoms with E-state index >= 15 is 0 Å². The Labute approximate surface area is 148 Å². The van der Waals surface area contributed by atoms with Crippen molar-refractivity contribution in [2.24, 2.45) is 0 Å². The monoisotopic (exact) mass is 356 g/mol. The first-order valence-electron chi connectivity index (χ1n) is 8.33. The number of carbonyl (C=O) groups is 1. The zero-order valence-electron chi connectivity index (χ0n) is 13.9. The molecule has 26 heavy (non-hydrogen) atoms. The number of rotatable bonds is 4. The van der Waals surface area contributed by atoms with Crippen LogP contribution in [-0.4, -0.2) is 42.5 Å². The van der Waals surface area contributed by atoms with E-state index in [0.29, 0.717) is 29.9 Å². The van der Waals surface area contributed by atoms with Crippen molar-refractivity contribution < 1.29 is 18.6 Å². The van der Waals surface area contributed by atoms with Gasteiger partial charge in [-0.25, -0.2) is 9.02 Å². The van der Waals surface area contributed by atoms with Crippen molar-refractivity contribution in [1.29, 1.82) is 0 Å². The highest BCUT2D eigenvalue weighted by Crippen LogP contribution is 2.30. The van der Waals surface area contributed by atoms with Crippen LogP contribution in [0.2, 0.25) is 0 Å². The molecule has 134 valence electrons. The standard InChI is InChI=1S/C18H17FN4O3/c19-13-3-1-12(2-4-13)11-16(24)20-14-5-6-15(18-17(14)21-26-22-18)23-7-9-25-10-8-23/h1-6H,7-11H2,(H,20,24). The molecule has 0 bridgehead atoms. The molecule has 1 aliphatic rings. The van der Waals surface area contributed by atoms with Crippen LogP contribution in [-0.2, 0) is 16.0 Å². The molecule has 2 heterocycles. The van der Waals surface area contributed by atoms with Gasteiger partial charge in [-0.2, -0.15) is 0 Å². The van der Waals surface area contributed by atoms with Crippen molar-refractivity contribution in [3.8, 4) is 0 Å². The molecule has 1 fully saturated rings. The number of ether oxygens (including phenoxy) is 1. The third-order valence-electron chi connectivity index (χ3n) is 4.30. The van der Waals surface area contributed by atoms with Gasteiger partial charge in [-0.3, -0.25) is 4.79 Å². The predicted octanol–water partition coefficient (Wildman–Crippen LogP) is 2.38. The van der Waals surface area contributed by atoms with Crippen molar-refractivity contribution in [3.63, 3.8) is 0 Å². The van der Waals surface area contributed by atoms with Crippen LogP contribution in [0.5, 0.6) is 0 Å². The van der Waals surface area contributed by atoms with Crippen LogP contribution >= 0.6 is 0 Å². The summed E-state index contributed by atoms with van der Waals surface area (Å²) in [5.74, 6) is -0.553. The van der Waals surface area contributed by atoms with Crippen molar-refractivity contribution in [2.45, 2.75) is 6.42 Å². The third kappa shape index (κ3) is 3.36. The maximum atomic E-state index is 13.0. The molecule has 2 aromatic carbocycles. The highest BCUT2D eigenvalue weighted by molar-refractivity contribution is 6.03. The number of aromatic nitrogens is 2. The first-order valence-corrected chi connectivity index (χ1v) is 8.33. The minimum Gasteiger partial charge on any atom is -0.378 e. The quantitative estimate of drug-likeness (QED) is 0.773. The number of carbonyl (C=O) groups excluding carboxylic acids is 1. The van der Waals surface area contributed by atoms with Crippen LogP contribution in [0.4, 0.5) is 15.8 Å². The highest BCUT2D eigenvalue weighted by atomic mass is 19.1. The average molecular weight is 356 g/mol. The lowest BCUT2D eigenvalue weighted by atomic mass is 10.1. The summed E-state index contributed by atoms with van der Waals surface area (Å²) in [5, 5.41) is 10.8. The molecule has 1 aliphatic heterocycles. The van der Waals surface area contributed by atoms with E-state index < -0.39 is 0 Å². The van der Waals surface area contributed by atoms with Gasteiger partial charge in [0, 0.05) is 13.1 Å². The van der Waals surface area contributed by atoms with E-state index in [9.17, 15) is 9.18 Å². The molecular weight excluding hydrogens is 339 g/mol. The molecule has 0 spiro atoms. The van der Waals surface area contributed by atoms with Crippen molar-refractivity contribution in [2.75, 3.05) is 36.5 Å². The third-order valence-corrected chi connectivity index (χ3v) is 4.30. The number of fused-ring (bicyclic) bond motifs is 1. The number of halogens is 1. The maximum Gasteiger partial charge on any atom is 0.228 e. The van der Waals surface area contributed by atoms with E-state index in [4.69, 9.17) is 9.37 Å². The minimum absolute atomic E-state index is 0.137. The lowest BCUT2D eigenvalue weighted by Crippen LogP contribution is -2.36. The number of nitrogens with one attached hydrogen (secondary N) is 1. The number of hydrogen-bond donors (Lipinski definition) is 1. The normalized spacial score (nSPS) is 14.6. The number of amides is 1. The maximum absolute atomic E-state index is 13.0. The Morgan fingerprint density at radius 3 is 2.58 bits per heavy atom. The molecule has 0 unspecified atom stereocenters. The number of benzene rings is 2. The van der Waals surface area contributed by atoms with Gasteiger partial charge in [-0.1, -0.05) is 12.1 Å². The van der Waals surface area contributed by atoms with Gasteiger partial charge in [0.15, 0.2) is 11.0 Å². The molecular formula is C18H17FN4O3. The summed E-state index contributed by atoms with van der Waals surface area (Å²) in [7, 11) is 0. The molecule has 1 amide bonds. The fraction of sp³-hybridized carbons (Fsp3) is 0.278. The Morgan fingerprint density at radius 2 is 1.81 bits per heavy atom. The minimum atomic E-state index is -0.330. The van der Waals surface area contributed by atoms with E-state index in [0.717, 1.165) is 24.3 Å². The largest absolute Gasteiger partial charge is 0.378 e. The van der Waals surface area contributed by atoms with Crippen LogP contribution in [0.3, 0.4) is 0 Å². The number of hydrogen-bond acceptors (Lipinski definition) is 6. The average Bonchev–Trinajstić information content (AvgIpc) is 3.15. The van der Waals surface area contributed by atoms with E-state index in [1.807, 2.05) is 6.07 Å². The van der Waals surface area contributed by atoms with Crippen LogP contribution in [0, 0.1) is 5.82 Å². The second-order valence-corrected chi connectivity index (χ2v) is 6.04. The van der Waals surface area contributed by atoms with Gasteiger partial charge in [-0.05, 0) is 40.1 Å². The Bertz CT molecular complexity index is 920. The summed E-state index contributed by atoms with van der Waals surface area (Å²) in [6, 6.07) is 9.53. The summed E-state index contributed by atoms with van der Waals surface area (Å²) in [5.41, 5.74) is 3.27. The van der Waals surface area contributed by atoms with Gasteiger partial charge in [0.25, 0.3) is 0 Å². The molecule has 1 N–H and O–H groups in total. The molecule has 8 heteroatoms. The molecule has 0 atom stereocenters. The fourth-order valence-corrected chi connectivity index (χ4v) is 3.00. The second kappa shape index (κ2) is 7.09. The van der Waals surface area contributed by atoms with Gasteiger partial charge in [0.05, 0.1) is 31.0 Å². The molecule has 0 aliphatic carbocycles. The fourth-order valence-electron chi connectivity index (χ4n) is 3.00. The number of anilines is 2. The summed E-state index contributed by atoms with van der Waals surface area (Å²) < 4.78 is 23.2. The van der Waals surface area contributed by atoms with Crippen LogP contribution < -0.4 is 10.2 Å². The molecule has 7 nitrogen and oxygen atoms in total. The Balaban J connectivity index is 1.54. The summed E-state index contributed by atoms with van der Waals surface area (Å²) in [4.78, 5) is 14.5. The Morgan fingerprint density at radius 1 is 1.08 bits per heavy atom. The van der Waals surface area contributed by atoms with E-state index in [2.05, 4.69) is 20.5 Å². The van der Waals surface area contributed by atoms with Gasteiger partial charge < -0.3 is 15.0 Å². The van der Waals surface area contributed by atoms with E-state index in [-0.39, 0.29) is 18.1 Å².